The minimum absolute atomic E-state index is 0.592. The number of rotatable bonds is 5. The predicted molar refractivity (Wildman–Crippen MR) is 200 cm³/mol. The van der Waals surface area contributed by atoms with Gasteiger partial charge in [-0.2, -0.15) is 0 Å². The summed E-state index contributed by atoms with van der Waals surface area (Å²) in [6.45, 7) is 0. The third kappa shape index (κ3) is 4.74. The van der Waals surface area contributed by atoms with Gasteiger partial charge in [0.15, 0.2) is 17.5 Å². The highest BCUT2D eigenvalue weighted by atomic mass is 16.3. The van der Waals surface area contributed by atoms with Gasteiger partial charge in [0.1, 0.15) is 22.5 Å². The predicted octanol–water partition coefficient (Wildman–Crippen LogP) is 11.6. The van der Waals surface area contributed by atoms with Crippen LogP contribution in [0.2, 0.25) is 0 Å². The molecule has 0 fully saturated rings. The molecule has 9 aromatic rings. The Morgan fingerprint density at radius 3 is 1.78 bits per heavy atom. The van der Waals surface area contributed by atoms with Crippen molar-refractivity contribution in [2.45, 2.75) is 12.8 Å². The molecule has 0 unspecified atom stereocenters. The van der Waals surface area contributed by atoms with E-state index in [2.05, 4.69) is 84.9 Å². The van der Waals surface area contributed by atoms with Crippen molar-refractivity contribution < 1.29 is 8.83 Å². The van der Waals surface area contributed by atoms with Gasteiger partial charge in [-0.15, -0.1) is 0 Å². The number of hydrogen-bond donors (Lipinski definition) is 0. The lowest BCUT2D eigenvalue weighted by molar-refractivity contribution is 0.545. The van der Waals surface area contributed by atoms with Crippen LogP contribution in [0.25, 0.3) is 83.5 Å². The van der Waals surface area contributed by atoms with Gasteiger partial charge in [-0.1, -0.05) is 127 Å². The Kier molecular flexibility index (Phi) is 6.56. The summed E-state index contributed by atoms with van der Waals surface area (Å²) in [7, 11) is 0. The summed E-state index contributed by atoms with van der Waals surface area (Å²) in [5.74, 6) is 2.80. The Bertz CT molecular complexity index is 2740. The Morgan fingerprint density at radius 2 is 1.02 bits per heavy atom. The van der Waals surface area contributed by atoms with Crippen molar-refractivity contribution in [1.29, 1.82) is 0 Å². The number of benzene rings is 6. The van der Waals surface area contributed by atoms with Crippen LogP contribution >= 0.6 is 0 Å². The molecular weight excluding hydrogens is 615 g/mol. The van der Waals surface area contributed by atoms with Crippen molar-refractivity contribution in [2.24, 2.45) is 0 Å². The molecule has 0 atom stereocenters. The van der Waals surface area contributed by atoms with Crippen molar-refractivity contribution in [3.8, 4) is 45.0 Å². The van der Waals surface area contributed by atoms with Gasteiger partial charge in [-0.3, -0.25) is 0 Å². The highest BCUT2D eigenvalue weighted by Gasteiger charge is 2.26. The van der Waals surface area contributed by atoms with Crippen LogP contribution in [0.1, 0.15) is 23.6 Å². The molecule has 5 nitrogen and oxygen atoms in total. The molecule has 0 saturated carbocycles. The van der Waals surface area contributed by atoms with E-state index in [4.69, 9.17) is 23.8 Å². The van der Waals surface area contributed by atoms with Crippen LogP contribution in [-0.2, 0) is 6.42 Å². The molecule has 0 spiro atoms. The van der Waals surface area contributed by atoms with Crippen LogP contribution in [0.4, 0.5) is 0 Å². The second-order valence-electron chi connectivity index (χ2n) is 12.7. The number of fused-ring (bicyclic) bond motifs is 6. The molecule has 50 heavy (non-hydrogen) atoms. The Balaban J connectivity index is 1.21. The molecular formula is C45H29N3O2. The fourth-order valence-corrected chi connectivity index (χ4v) is 7.24. The van der Waals surface area contributed by atoms with Gasteiger partial charge >= 0.3 is 0 Å². The van der Waals surface area contributed by atoms with E-state index in [1.807, 2.05) is 66.7 Å². The highest BCUT2D eigenvalue weighted by Crippen LogP contribution is 2.42. The van der Waals surface area contributed by atoms with Crippen LogP contribution in [0.15, 0.2) is 161 Å². The average Bonchev–Trinajstić information content (AvgIpc) is 3.77. The van der Waals surface area contributed by atoms with Crippen molar-refractivity contribution in [3.05, 3.63) is 169 Å². The van der Waals surface area contributed by atoms with E-state index >= 15 is 0 Å². The lowest BCUT2D eigenvalue weighted by Gasteiger charge is -2.15. The number of allylic oxidation sites excluding steroid dienone is 1. The van der Waals surface area contributed by atoms with Gasteiger partial charge < -0.3 is 8.83 Å². The van der Waals surface area contributed by atoms with Gasteiger partial charge in [0.05, 0.1) is 0 Å². The first-order valence-electron chi connectivity index (χ1n) is 16.9. The van der Waals surface area contributed by atoms with Crippen molar-refractivity contribution in [1.82, 2.24) is 15.0 Å². The summed E-state index contributed by atoms with van der Waals surface area (Å²) in [5, 5.41) is 3.07. The first-order valence-corrected chi connectivity index (χ1v) is 16.9. The molecule has 0 saturated heterocycles. The number of nitrogens with zero attached hydrogens (tertiary/aromatic N) is 3. The molecule has 3 aromatic heterocycles. The molecule has 6 aromatic carbocycles. The molecule has 0 amide bonds. The lowest BCUT2D eigenvalue weighted by Crippen LogP contribution is -2.06. The van der Waals surface area contributed by atoms with E-state index in [9.17, 15) is 0 Å². The molecule has 236 valence electrons. The first-order chi connectivity index (χ1) is 24.8. The second-order valence-corrected chi connectivity index (χ2v) is 12.7. The van der Waals surface area contributed by atoms with E-state index in [1.54, 1.807) is 0 Å². The van der Waals surface area contributed by atoms with Gasteiger partial charge in [0.25, 0.3) is 0 Å². The van der Waals surface area contributed by atoms with Crippen LogP contribution in [0.3, 0.4) is 0 Å². The van der Waals surface area contributed by atoms with Crippen LogP contribution in [0.5, 0.6) is 0 Å². The molecule has 3 heterocycles. The molecule has 0 aliphatic heterocycles. The third-order valence-corrected chi connectivity index (χ3v) is 9.61. The molecule has 0 radical (unpaired) electrons. The molecule has 1 aliphatic carbocycles. The Labute approximate surface area is 288 Å². The van der Waals surface area contributed by atoms with E-state index in [0.717, 1.165) is 84.9 Å². The van der Waals surface area contributed by atoms with Crippen molar-refractivity contribution >= 4 is 38.5 Å². The summed E-state index contributed by atoms with van der Waals surface area (Å²) in [6.07, 6.45) is 3.92. The lowest BCUT2D eigenvalue weighted by atomic mass is 9.93. The quantitative estimate of drug-likeness (QED) is 0.187. The molecule has 5 heteroatoms. The fraction of sp³-hybridized carbons (Fsp3) is 0.0444. The topological polar surface area (TPSA) is 65.0 Å². The molecule has 1 aliphatic rings. The number of furan rings is 2. The zero-order valence-electron chi connectivity index (χ0n) is 27.0. The van der Waals surface area contributed by atoms with E-state index in [1.165, 1.54) is 11.1 Å². The maximum Gasteiger partial charge on any atom is 0.164 e. The van der Waals surface area contributed by atoms with Gasteiger partial charge in [0, 0.05) is 44.8 Å². The summed E-state index contributed by atoms with van der Waals surface area (Å²) < 4.78 is 12.9. The monoisotopic (exact) mass is 643 g/mol. The smallest absolute Gasteiger partial charge is 0.164 e. The SMILES string of the molecule is C1=C(c2nc(-c3ccccc3)nc(-c3cc(-c4ccc(-c5ccccc5)cc4)cc4oc5ccccc5c34)n2)c2c(oc3ccccc23)CC1. The van der Waals surface area contributed by atoms with E-state index < -0.39 is 0 Å². The average molecular weight is 644 g/mol. The molecule has 0 N–H and O–H groups in total. The van der Waals surface area contributed by atoms with E-state index in [0.29, 0.717) is 17.5 Å². The third-order valence-electron chi connectivity index (χ3n) is 9.61. The largest absolute Gasteiger partial charge is 0.460 e. The highest BCUT2D eigenvalue weighted by molar-refractivity contribution is 6.13. The summed E-state index contributed by atoms with van der Waals surface area (Å²) >= 11 is 0. The molecule has 0 bridgehead atoms. The number of aryl methyl sites for hydroxylation is 1. The minimum atomic E-state index is 0.592. The van der Waals surface area contributed by atoms with Crippen LogP contribution in [0, 0.1) is 0 Å². The van der Waals surface area contributed by atoms with Gasteiger partial charge in [-0.05, 0) is 52.9 Å². The van der Waals surface area contributed by atoms with Crippen LogP contribution < -0.4 is 0 Å². The van der Waals surface area contributed by atoms with Crippen molar-refractivity contribution in [2.75, 3.05) is 0 Å². The Hall–Kier alpha value is -6.59. The summed E-state index contributed by atoms with van der Waals surface area (Å²) in [6, 6.07) is 49.9. The normalized spacial score (nSPS) is 12.8. The summed E-state index contributed by atoms with van der Waals surface area (Å²) in [5.41, 5.74) is 10.8. The summed E-state index contributed by atoms with van der Waals surface area (Å²) in [4.78, 5) is 15.6. The first kappa shape index (κ1) is 28.4. The zero-order chi connectivity index (χ0) is 33.0. The number of aromatic nitrogens is 3. The minimum Gasteiger partial charge on any atom is -0.460 e. The van der Waals surface area contributed by atoms with Gasteiger partial charge in [-0.25, -0.2) is 15.0 Å². The maximum absolute atomic E-state index is 6.52. The zero-order valence-corrected chi connectivity index (χ0v) is 27.0. The van der Waals surface area contributed by atoms with E-state index in [-0.39, 0.29) is 0 Å². The standard InChI is InChI=1S/C45H29N3O2/c1-3-12-28(13-4-1)29-22-24-30(25-23-29)32-26-36(42-34-17-8-10-20-38(34)50-40(42)27-32)45-47-43(31-14-5-2-6-15-31)46-44(48-45)35-18-11-21-39-41(35)33-16-7-9-19-37(33)49-39/h1-10,12-20,22-27H,11,21H2. The Morgan fingerprint density at radius 1 is 0.440 bits per heavy atom. The van der Waals surface area contributed by atoms with Crippen molar-refractivity contribution in [3.63, 3.8) is 0 Å². The van der Waals surface area contributed by atoms with Crippen LogP contribution in [-0.4, -0.2) is 15.0 Å². The maximum atomic E-state index is 6.52. The molecule has 10 rings (SSSR count). The fourth-order valence-electron chi connectivity index (χ4n) is 7.24. The van der Waals surface area contributed by atoms with Gasteiger partial charge in [0.2, 0.25) is 0 Å². The second kappa shape index (κ2) is 11.5. The number of para-hydroxylation sites is 2. The number of hydrogen-bond acceptors (Lipinski definition) is 5.